The molecular formula is C32H35Cl. The van der Waals surface area contributed by atoms with Crippen LogP contribution < -0.4 is 0 Å². The summed E-state index contributed by atoms with van der Waals surface area (Å²) in [5, 5.41) is 0.883. The van der Waals surface area contributed by atoms with E-state index in [0.717, 1.165) is 17.9 Å². The van der Waals surface area contributed by atoms with Crippen molar-refractivity contribution in [2.75, 3.05) is 0 Å². The Labute approximate surface area is 205 Å². The van der Waals surface area contributed by atoms with Crippen LogP contribution in [0.3, 0.4) is 0 Å². The quantitative estimate of drug-likeness (QED) is 0.369. The van der Waals surface area contributed by atoms with Crippen LogP contribution in [0.25, 0.3) is 23.3 Å². The van der Waals surface area contributed by atoms with Gasteiger partial charge in [-0.05, 0) is 78.0 Å². The van der Waals surface area contributed by atoms with Crippen molar-refractivity contribution in [1.29, 1.82) is 0 Å². The molecule has 0 heterocycles. The van der Waals surface area contributed by atoms with E-state index in [1.54, 1.807) is 5.57 Å². The molecule has 170 valence electrons. The van der Waals surface area contributed by atoms with E-state index in [9.17, 15) is 0 Å². The minimum atomic E-state index is 0.628. The zero-order chi connectivity index (χ0) is 23.7. The van der Waals surface area contributed by atoms with Crippen LogP contribution in [0.1, 0.15) is 61.1 Å². The molecule has 0 bridgehead atoms. The van der Waals surface area contributed by atoms with Crippen molar-refractivity contribution in [3.63, 3.8) is 0 Å². The Morgan fingerprint density at radius 3 is 1.73 bits per heavy atom. The lowest BCUT2D eigenvalue weighted by Crippen LogP contribution is -1.93. The highest BCUT2D eigenvalue weighted by atomic mass is 35.5. The predicted octanol–water partition coefficient (Wildman–Crippen LogP) is 9.50. The molecule has 33 heavy (non-hydrogen) atoms. The lowest BCUT2D eigenvalue weighted by Gasteiger charge is -2.10. The molecule has 0 aliphatic heterocycles. The molecule has 2 aliphatic carbocycles. The zero-order valence-corrected chi connectivity index (χ0v) is 21.6. The van der Waals surface area contributed by atoms with Crippen molar-refractivity contribution in [1.82, 2.24) is 0 Å². The lowest BCUT2D eigenvalue weighted by atomic mass is 9.95. The summed E-state index contributed by atoms with van der Waals surface area (Å²) in [5.74, 6) is 1.26. The maximum atomic E-state index is 6.10. The zero-order valence-electron chi connectivity index (χ0n) is 20.8. The van der Waals surface area contributed by atoms with Crippen LogP contribution in [0, 0.1) is 25.7 Å². The summed E-state index contributed by atoms with van der Waals surface area (Å²) in [6, 6.07) is 19.7. The average Bonchev–Trinajstić information content (AvgIpc) is 3.39. The molecular weight excluding hydrogens is 420 g/mol. The van der Waals surface area contributed by atoms with E-state index in [0.29, 0.717) is 11.8 Å². The van der Waals surface area contributed by atoms with Gasteiger partial charge in [0.05, 0.1) is 0 Å². The number of halogens is 1. The van der Waals surface area contributed by atoms with Crippen LogP contribution in [0.15, 0.2) is 65.7 Å². The van der Waals surface area contributed by atoms with Crippen LogP contribution >= 0.6 is 11.6 Å². The molecule has 0 aromatic heterocycles. The fraction of sp³-hybridized carbons (Fsp3) is 0.312. The third-order valence-electron chi connectivity index (χ3n) is 6.80. The summed E-state index contributed by atoms with van der Waals surface area (Å²) in [6.07, 6.45) is 6.84. The van der Waals surface area contributed by atoms with Crippen molar-refractivity contribution in [2.45, 2.75) is 54.4 Å². The first-order valence-corrected chi connectivity index (χ1v) is 12.5. The molecule has 0 atom stereocenters. The smallest absolute Gasteiger partial charge is 0.0481 e. The number of hydrogen-bond donors (Lipinski definition) is 0. The van der Waals surface area contributed by atoms with E-state index in [-0.39, 0.29) is 0 Å². The molecule has 0 spiro atoms. The van der Waals surface area contributed by atoms with Crippen molar-refractivity contribution in [3.8, 4) is 11.1 Å². The Kier molecular flexibility index (Phi) is 6.96. The minimum absolute atomic E-state index is 0.628. The predicted molar refractivity (Wildman–Crippen MR) is 146 cm³/mol. The van der Waals surface area contributed by atoms with Crippen molar-refractivity contribution >= 4 is 23.8 Å². The highest BCUT2D eigenvalue weighted by Crippen LogP contribution is 2.37. The third kappa shape index (κ3) is 5.17. The summed E-state index contributed by atoms with van der Waals surface area (Å²) >= 11 is 6.10. The van der Waals surface area contributed by atoms with Crippen molar-refractivity contribution in [3.05, 3.63) is 104 Å². The summed E-state index contributed by atoms with van der Waals surface area (Å²) in [6.45, 7) is 13.4. The molecule has 3 aromatic carbocycles. The summed E-state index contributed by atoms with van der Waals surface area (Å²) in [4.78, 5) is 0. The van der Waals surface area contributed by atoms with Gasteiger partial charge in [-0.2, -0.15) is 0 Å². The van der Waals surface area contributed by atoms with E-state index in [4.69, 9.17) is 11.6 Å². The molecule has 0 N–H and O–H groups in total. The number of rotatable bonds is 3. The summed E-state index contributed by atoms with van der Waals surface area (Å²) in [7, 11) is 0. The number of benzene rings is 3. The van der Waals surface area contributed by atoms with Crippen LogP contribution in [-0.2, 0) is 12.8 Å². The Balaban J connectivity index is 0.000000172. The molecule has 0 unspecified atom stereocenters. The molecule has 0 nitrogen and oxygen atoms in total. The molecule has 3 aromatic rings. The van der Waals surface area contributed by atoms with Gasteiger partial charge in [-0.15, -0.1) is 0 Å². The minimum Gasteiger partial charge on any atom is -0.0837 e. The SMILES string of the molecule is CC(C)C1=Cc2c(Cl)cccc2C1.Cc1cc(C)cc(-c2cccc3c2C=C(C(C)C)C3)c1. The Morgan fingerprint density at radius 1 is 0.667 bits per heavy atom. The monoisotopic (exact) mass is 454 g/mol. The highest BCUT2D eigenvalue weighted by Gasteiger charge is 2.18. The fourth-order valence-electron chi connectivity index (χ4n) is 4.87. The topological polar surface area (TPSA) is 0 Å². The maximum Gasteiger partial charge on any atom is 0.0481 e. The van der Waals surface area contributed by atoms with Gasteiger partial charge in [0.1, 0.15) is 0 Å². The van der Waals surface area contributed by atoms with Gasteiger partial charge < -0.3 is 0 Å². The molecule has 2 aliphatic rings. The lowest BCUT2D eigenvalue weighted by molar-refractivity contribution is 0.754. The van der Waals surface area contributed by atoms with E-state index in [1.165, 1.54) is 50.1 Å². The van der Waals surface area contributed by atoms with E-state index >= 15 is 0 Å². The van der Waals surface area contributed by atoms with Gasteiger partial charge in [-0.1, -0.05) is 122 Å². The molecule has 0 radical (unpaired) electrons. The van der Waals surface area contributed by atoms with Crippen LogP contribution in [0.4, 0.5) is 0 Å². The molecule has 0 saturated heterocycles. The molecule has 0 saturated carbocycles. The van der Waals surface area contributed by atoms with Crippen LogP contribution in [0.2, 0.25) is 5.02 Å². The van der Waals surface area contributed by atoms with E-state index in [1.807, 2.05) is 12.1 Å². The van der Waals surface area contributed by atoms with Gasteiger partial charge in [0, 0.05) is 5.02 Å². The summed E-state index contributed by atoms with van der Waals surface area (Å²) < 4.78 is 0. The van der Waals surface area contributed by atoms with Crippen molar-refractivity contribution in [2.24, 2.45) is 11.8 Å². The standard InChI is InChI=1S/C20H22.C12H13Cl/c1-13(2)17-11-16-6-5-7-19(20(16)12-17)18-9-14(3)8-15(4)10-18;1-8(2)10-6-9-4-3-5-12(13)11(9)7-10/h5-10,12-13H,11H2,1-4H3;3-5,7-8H,6H2,1-2H3. The molecule has 0 amide bonds. The van der Waals surface area contributed by atoms with Gasteiger partial charge in [-0.3, -0.25) is 0 Å². The van der Waals surface area contributed by atoms with E-state index in [2.05, 4.69) is 96.2 Å². The number of aryl methyl sites for hydroxylation is 2. The van der Waals surface area contributed by atoms with Gasteiger partial charge in [0.15, 0.2) is 0 Å². The Bertz CT molecular complexity index is 1220. The second-order valence-electron chi connectivity index (χ2n) is 10.2. The molecule has 0 fully saturated rings. The second kappa shape index (κ2) is 9.74. The number of allylic oxidation sites excluding steroid dienone is 2. The first-order valence-electron chi connectivity index (χ1n) is 12.1. The van der Waals surface area contributed by atoms with Crippen LogP contribution in [0.5, 0.6) is 0 Å². The van der Waals surface area contributed by atoms with Gasteiger partial charge in [0.25, 0.3) is 0 Å². The van der Waals surface area contributed by atoms with E-state index < -0.39 is 0 Å². The largest absolute Gasteiger partial charge is 0.0837 e. The van der Waals surface area contributed by atoms with Crippen LogP contribution in [-0.4, -0.2) is 0 Å². The van der Waals surface area contributed by atoms with Gasteiger partial charge in [0.2, 0.25) is 0 Å². The van der Waals surface area contributed by atoms with Gasteiger partial charge >= 0.3 is 0 Å². The number of fused-ring (bicyclic) bond motifs is 2. The summed E-state index contributed by atoms with van der Waals surface area (Å²) in [5.41, 5.74) is 14.0. The average molecular weight is 455 g/mol. The number of hydrogen-bond acceptors (Lipinski definition) is 0. The first kappa shape index (κ1) is 23.6. The highest BCUT2D eigenvalue weighted by molar-refractivity contribution is 6.32. The second-order valence-corrected chi connectivity index (χ2v) is 10.6. The molecule has 1 heteroatoms. The fourth-order valence-corrected chi connectivity index (χ4v) is 5.12. The third-order valence-corrected chi connectivity index (χ3v) is 7.13. The van der Waals surface area contributed by atoms with Gasteiger partial charge in [-0.25, -0.2) is 0 Å². The Hall–Kier alpha value is -2.57. The Morgan fingerprint density at radius 2 is 1.18 bits per heavy atom. The normalized spacial score (nSPS) is 14.0. The maximum absolute atomic E-state index is 6.10. The first-order chi connectivity index (χ1) is 15.7. The molecule has 5 rings (SSSR count). The van der Waals surface area contributed by atoms with Crippen molar-refractivity contribution < 1.29 is 0 Å².